The first-order valence-corrected chi connectivity index (χ1v) is 8.02. The van der Waals surface area contributed by atoms with E-state index >= 15 is 0 Å². The van der Waals surface area contributed by atoms with Crippen molar-refractivity contribution < 1.29 is 0 Å². The molecule has 1 aliphatic carbocycles. The third-order valence-corrected chi connectivity index (χ3v) is 4.62. The summed E-state index contributed by atoms with van der Waals surface area (Å²) in [4.78, 5) is 4.61. The molecule has 0 fully saturated rings. The molecule has 21 heavy (non-hydrogen) atoms. The molecule has 0 aliphatic heterocycles. The van der Waals surface area contributed by atoms with E-state index in [2.05, 4.69) is 27.8 Å². The van der Waals surface area contributed by atoms with Gasteiger partial charge in [-0.05, 0) is 60.7 Å². The molecule has 0 spiro atoms. The highest BCUT2D eigenvalue weighted by atomic mass is 35.5. The molecular formula is C17H14Cl2N2. The highest BCUT2D eigenvalue weighted by Gasteiger charge is 2.15. The fourth-order valence-electron chi connectivity index (χ4n) is 3.18. The predicted molar refractivity (Wildman–Crippen MR) is 87.7 cm³/mol. The van der Waals surface area contributed by atoms with E-state index in [-0.39, 0.29) is 0 Å². The Kier molecular flexibility index (Phi) is 3.16. The molecule has 0 amide bonds. The zero-order chi connectivity index (χ0) is 14.4. The summed E-state index contributed by atoms with van der Waals surface area (Å²) >= 11 is 12.2. The van der Waals surface area contributed by atoms with Gasteiger partial charge >= 0.3 is 0 Å². The second kappa shape index (κ2) is 5.04. The average Bonchev–Trinajstić information content (AvgIpc) is 3.09. The molecule has 4 rings (SSSR count). The van der Waals surface area contributed by atoms with E-state index in [1.54, 1.807) is 0 Å². The summed E-state index contributed by atoms with van der Waals surface area (Å²) in [6.45, 7) is 0. The fraction of sp³-hybridized carbons (Fsp3) is 0.235. The first-order chi connectivity index (χ1) is 10.3. The van der Waals surface area contributed by atoms with Crippen LogP contribution in [0.4, 0.5) is 0 Å². The van der Waals surface area contributed by atoms with Gasteiger partial charge in [0.2, 0.25) is 0 Å². The van der Waals surface area contributed by atoms with Crippen molar-refractivity contribution in [3.05, 3.63) is 58.4 Å². The summed E-state index contributed by atoms with van der Waals surface area (Å²) in [5.41, 5.74) is 5.99. The topological polar surface area (TPSA) is 17.8 Å². The summed E-state index contributed by atoms with van der Waals surface area (Å²) in [5.74, 6) is 1.23. The largest absolute Gasteiger partial charge is 0.295 e. The van der Waals surface area contributed by atoms with Gasteiger partial charge in [-0.15, -0.1) is 11.6 Å². The standard InChI is InChI=1S/C17H14Cl2N2/c18-10-17-20-15-9-13(19)5-7-16(15)21(17)14-6-4-11-2-1-3-12(11)8-14/h4-9H,1-3,10H2. The smallest absolute Gasteiger partial charge is 0.129 e. The summed E-state index contributed by atoms with van der Waals surface area (Å²) in [5, 5.41) is 0.697. The van der Waals surface area contributed by atoms with Gasteiger partial charge in [-0.25, -0.2) is 4.98 Å². The number of halogens is 2. The van der Waals surface area contributed by atoms with Gasteiger partial charge in [-0.1, -0.05) is 17.7 Å². The molecule has 0 saturated heterocycles. The molecule has 2 nitrogen and oxygen atoms in total. The average molecular weight is 317 g/mol. The zero-order valence-electron chi connectivity index (χ0n) is 11.4. The van der Waals surface area contributed by atoms with Gasteiger partial charge in [0.1, 0.15) is 5.82 Å². The van der Waals surface area contributed by atoms with Crippen molar-refractivity contribution in [3.63, 3.8) is 0 Å². The highest BCUT2D eigenvalue weighted by molar-refractivity contribution is 6.31. The van der Waals surface area contributed by atoms with E-state index in [9.17, 15) is 0 Å². The van der Waals surface area contributed by atoms with Crippen LogP contribution in [0, 0.1) is 0 Å². The lowest BCUT2D eigenvalue weighted by Gasteiger charge is -2.10. The van der Waals surface area contributed by atoms with Gasteiger partial charge in [0.15, 0.2) is 0 Å². The molecule has 0 radical (unpaired) electrons. The highest BCUT2D eigenvalue weighted by Crippen LogP contribution is 2.29. The van der Waals surface area contributed by atoms with Crippen molar-refractivity contribution in [2.75, 3.05) is 0 Å². The lowest BCUT2D eigenvalue weighted by Crippen LogP contribution is -2.00. The zero-order valence-corrected chi connectivity index (χ0v) is 13.0. The van der Waals surface area contributed by atoms with Crippen molar-refractivity contribution >= 4 is 34.2 Å². The lowest BCUT2D eigenvalue weighted by atomic mass is 10.1. The molecule has 0 bridgehead atoms. The summed E-state index contributed by atoms with van der Waals surface area (Å²) < 4.78 is 2.14. The van der Waals surface area contributed by atoms with Crippen molar-refractivity contribution in [3.8, 4) is 5.69 Å². The Bertz CT molecular complexity index is 836. The summed E-state index contributed by atoms with van der Waals surface area (Å²) in [7, 11) is 0. The predicted octanol–water partition coefficient (Wildman–Crippen LogP) is 4.91. The van der Waals surface area contributed by atoms with Crippen LogP contribution in [0.2, 0.25) is 5.02 Å². The maximum atomic E-state index is 6.09. The van der Waals surface area contributed by atoms with Crippen LogP contribution in [0.3, 0.4) is 0 Å². The first-order valence-electron chi connectivity index (χ1n) is 7.11. The van der Waals surface area contributed by atoms with E-state index in [1.807, 2.05) is 18.2 Å². The van der Waals surface area contributed by atoms with Crippen LogP contribution in [0.5, 0.6) is 0 Å². The van der Waals surface area contributed by atoms with Gasteiger partial charge < -0.3 is 0 Å². The van der Waals surface area contributed by atoms with E-state index in [0.29, 0.717) is 10.9 Å². The van der Waals surface area contributed by atoms with Crippen molar-refractivity contribution in [2.45, 2.75) is 25.1 Å². The Labute approximate surface area is 133 Å². The molecule has 0 unspecified atom stereocenters. The Morgan fingerprint density at radius 1 is 1.05 bits per heavy atom. The number of fused-ring (bicyclic) bond motifs is 2. The second-order valence-corrected chi connectivity index (χ2v) is 6.14. The van der Waals surface area contributed by atoms with E-state index < -0.39 is 0 Å². The minimum Gasteiger partial charge on any atom is -0.295 e. The van der Waals surface area contributed by atoms with Gasteiger partial charge in [-0.3, -0.25) is 4.57 Å². The quantitative estimate of drug-likeness (QED) is 0.614. The molecule has 4 heteroatoms. The van der Waals surface area contributed by atoms with Crippen molar-refractivity contribution in [1.82, 2.24) is 9.55 Å². The monoisotopic (exact) mass is 316 g/mol. The number of aryl methyl sites for hydroxylation is 2. The normalized spacial score (nSPS) is 13.8. The third-order valence-electron chi connectivity index (χ3n) is 4.15. The van der Waals surface area contributed by atoms with Crippen LogP contribution in [-0.2, 0) is 18.7 Å². The molecule has 1 aliphatic rings. The molecule has 1 aromatic heterocycles. The van der Waals surface area contributed by atoms with Crippen LogP contribution in [0.15, 0.2) is 36.4 Å². The maximum Gasteiger partial charge on any atom is 0.129 e. The Balaban J connectivity index is 1.96. The number of hydrogen-bond donors (Lipinski definition) is 0. The summed E-state index contributed by atoms with van der Waals surface area (Å²) in [6, 6.07) is 12.5. The van der Waals surface area contributed by atoms with Gasteiger partial charge in [0.05, 0.1) is 16.9 Å². The van der Waals surface area contributed by atoms with Crippen molar-refractivity contribution in [1.29, 1.82) is 0 Å². The molecule has 0 atom stereocenters. The number of nitrogens with zero attached hydrogens (tertiary/aromatic N) is 2. The number of imidazole rings is 1. The van der Waals surface area contributed by atoms with E-state index in [0.717, 1.165) is 29.0 Å². The van der Waals surface area contributed by atoms with Gasteiger partial charge in [0.25, 0.3) is 0 Å². The van der Waals surface area contributed by atoms with Crippen LogP contribution >= 0.6 is 23.2 Å². The molecular weight excluding hydrogens is 303 g/mol. The molecule has 2 aromatic carbocycles. The third kappa shape index (κ3) is 2.14. The molecule has 0 saturated carbocycles. The Hall–Kier alpha value is -1.51. The minimum absolute atomic E-state index is 0.378. The van der Waals surface area contributed by atoms with E-state index in [1.165, 1.54) is 24.0 Å². The van der Waals surface area contributed by atoms with E-state index in [4.69, 9.17) is 23.2 Å². The van der Waals surface area contributed by atoms with Crippen LogP contribution in [0.25, 0.3) is 16.7 Å². The van der Waals surface area contributed by atoms with Crippen LogP contribution < -0.4 is 0 Å². The molecule has 106 valence electrons. The minimum atomic E-state index is 0.378. The van der Waals surface area contributed by atoms with Crippen LogP contribution in [0.1, 0.15) is 23.4 Å². The molecule has 3 aromatic rings. The molecule has 0 N–H and O–H groups in total. The first kappa shape index (κ1) is 13.2. The summed E-state index contributed by atoms with van der Waals surface area (Å²) in [6.07, 6.45) is 3.61. The Morgan fingerprint density at radius 3 is 2.76 bits per heavy atom. The van der Waals surface area contributed by atoms with Crippen LogP contribution in [-0.4, -0.2) is 9.55 Å². The fourth-order valence-corrected chi connectivity index (χ4v) is 3.52. The Morgan fingerprint density at radius 2 is 1.90 bits per heavy atom. The lowest BCUT2D eigenvalue weighted by molar-refractivity contribution is 0.911. The number of alkyl halides is 1. The molecule has 1 heterocycles. The van der Waals surface area contributed by atoms with Gasteiger partial charge in [0, 0.05) is 10.7 Å². The number of rotatable bonds is 2. The maximum absolute atomic E-state index is 6.09. The second-order valence-electron chi connectivity index (χ2n) is 5.44. The SMILES string of the molecule is ClCc1nc2cc(Cl)ccc2n1-c1ccc2c(c1)CCC2. The number of hydrogen-bond acceptors (Lipinski definition) is 1. The number of aromatic nitrogens is 2. The van der Waals surface area contributed by atoms with Crippen molar-refractivity contribution in [2.24, 2.45) is 0 Å². The van der Waals surface area contributed by atoms with Gasteiger partial charge in [-0.2, -0.15) is 0 Å². The number of benzene rings is 2.